The van der Waals surface area contributed by atoms with E-state index >= 15 is 0 Å². The van der Waals surface area contributed by atoms with Crippen molar-refractivity contribution in [3.05, 3.63) is 17.5 Å². The Morgan fingerprint density at radius 1 is 1.42 bits per heavy atom. The number of aliphatic imine (C=N–C) groups is 1. The van der Waals surface area contributed by atoms with E-state index in [-0.39, 0.29) is 24.0 Å². The summed E-state index contributed by atoms with van der Waals surface area (Å²) < 4.78 is 5.81. The molecule has 24 heavy (non-hydrogen) atoms. The topological polar surface area (TPSA) is 53.7 Å². The van der Waals surface area contributed by atoms with Crippen molar-refractivity contribution in [2.24, 2.45) is 4.99 Å². The predicted octanol–water partition coefficient (Wildman–Crippen LogP) is 3.68. The molecule has 1 N–H and O–H groups in total. The Morgan fingerprint density at radius 2 is 2.21 bits per heavy atom. The van der Waals surface area contributed by atoms with Crippen LogP contribution in [0, 0.1) is 0 Å². The molecule has 1 aromatic heterocycles. The van der Waals surface area contributed by atoms with E-state index in [9.17, 15) is 0 Å². The van der Waals surface area contributed by atoms with Crippen molar-refractivity contribution < 1.29 is 4.52 Å². The number of aromatic nitrogens is 1. The molecule has 2 fully saturated rings. The maximum atomic E-state index is 5.36. The van der Waals surface area contributed by atoms with Crippen LogP contribution in [0.4, 0.5) is 0 Å². The fourth-order valence-electron chi connectivity index (χ4n) is 3.63. The first-order valence-corrected chi connectivity index (χ1v) is 9.77. The van der Waals surface area contributed by atoms with Gasteiger partial charge in [0.25, 0.3) is 0 Å². The summed E-state index contributed by atoms with van der Waals surface area (Å²) >= 11 is 2.19. The average molecular weight is 464 g/mol. The predicted molar refractivity (Wildman–Crippen MR) is 111 cm³/mol. The number of nitrogens with one attached hydrogen (secondary N) is 1. The third kappa shape index (κ3) is 4.80. The van der Waals surface area contributed by atoms with Gasteiger partial charge in [0, 0.05) is 36.7 Å². The molecule has 0 radical (unpaired) electrons. The minimum absolute atomic E-state index is 0. The van der Waals surface area contributed by atoms with Crippen LogP contribution in [0.15, 0.2) is 15.6 Å². The molecule has 2 aliphatic rings. The highest BCUT2D eigenvalue weighted by atomic mass is 127. The second kappa shape index (κ2) is 9.31. The van der Waals surface area contributed by atoms with Gasteiger partial charge in [0.15, 0.2) is 11.7 Å². The van der Waals surface area contributed by atoms with Gasteiger partial charge >= 0.3 is 0 Å². The summed E-state index contributed by atoms with van der Waals surface area (Å²) in [6, 6.07) is 2.02. The molecular formula is C17H29IN4OS. The molecular weight excluding hydrogens is 435 g/mol. The number of thioether (sulfide) groups is 1. The smallest absolute Gasteiger partial charge is 0.194 e. The van der Waals surface area contributed by atoms with Crippen molar-refractivity contribution in [2.75, 3.05) is 25.9 Å². The van der Waals surface area contributed by atoms with E-state index < -0.39 is 0 Å². The Kier molecular flexibility index (Phi) is 7.71. The Labute approximate surface area is 166 Å². The van der Waals surface area contributed by atoms with Gasteiger partial charge in [-0.1, -0.05) is 31.3 Å². The molecule has 1 aliphatic carbocycles. The van der Waals surface area contributed by atoms with Gasteiger partial charge in [0.05, 0.1) is 12.2 Å². The van der Waals surface area contributed by atoms with Crippen LogP contribution in [-0.2, 0) is 13.0 Å². The molecule has 0 aromatic carbocycles. The lowest BCUT2D eigenvalue weighted by molar-refractivity contribution is 0.291. The van der Waals surface area contributed by atoms with Crippen LogP contribution in [0.3, 0.4) is 0 Å². The van der Waals surface area contributed by atoms with Crippen molar-refractivity contribution >= 4 is 41.7 Å². The minimum Gasteiger partial charge on any atom is -0.359 e. The summed E-state index contributed by atoms with van der Waals surface area (Å²) in [4.78, 5) is 6.92. The summed E-state index contributed by atoms with van der Waals surface area (Å²) in [5.41, 5.74) is 1.01. The van der Waals surface area contributed by atoms with Crippen molar-refractivity contribution in [3.63, 3.8) is 0 Å². The van der Waals surface area contributed by atoms with Gasteiger partial charge < -0.3 is 14.7 Å². The molecule has 3 rings (SSSR count). The van der Waals surface area contributed by atoms with E-state index in [0.717, 1.165) is 36.9 Å². The lowest BCUT2D eigenvalue weighted by atomic mass is 9.87. The number of aryl methyl sites for hydroxylation is 1. The van der Waals surface area contributed by atoms with E-state index in [1.807, 2.05) is 13.1 Å². The Morgan fingerprint density at radius 3 is 2.88 bits per heavy atom. The molecule has 1 spiro atoms. The normalized spacial score (nSPS) is 20.8. The third-order valence-electron chi connectivity index (χ3n) is 4.92. The number of hydrogen-bond donors (Lipinski definition) is 1. The number of hydrogen-bond acceptors (Lipinski definition) is 4. The number of nitrogens with zero attached hydrogens (tertiary/aromatic N) is 3. The molecule has 0 bridgehead atoms. The number of guanidine groups is 1. The Balaban J connectivity index is 0.00000208. The van der Waals surface area contributed by atoms with Crippen LogP contribution in [-0.4, -0.2) is 46.7 Å². The highest BCUT2D eigenvalue weighted by Gasteiger charge is 2.38. The van der Waals surface area contributed by atoms with Crippen LogP contribution in [0.1, 0.15) is 50.5 Å². The summed E-state index contributed by atoms with van der Waals surface area (Å²) in [5, 5.41) is 7.50. The Hall–Kier alpha value is -0.440. The summed E-state index contributed by atoms with van der Waals surface area (Å²) in [7, 11) is 1.87. The minimum atomic E-state index is 0. The van der Waals surface area contributed by atoms with Crippen LogP contribution in [0.25, 0.3) is 0 Å². The Bertz CT molecular complexity index is 537. The van der Waals surface area contributed by atoms with Gasteiger partial charge in [-0.05, 0) is 19.3 Å². The van der Waals surface area contributed by atoms with Gasteiger partial charge in [-0.25, -0.2) is 0 Å². The van der Waals surface area contributed by atoms with Crippen LogP contribution in [0.2, 0.25) is 0 Å². The third-order valence-corrected chi connectivity index (χ3v) is 6.45. The van der Waals surface area contributed by atoms with Gasteiger partial charge in [0.1, 0.15) is 0 Å². The van der Waals surface area contributed by atoms with Crippen molar-refractivity contribution in [2.45, 2.75) is 56.7 Å². The van der Waals surface area contributed by atoms with Crippen LogP contribution < -0.4 is 5.32 Å². The molecule has 0 unspecified atom stereocenters. The zero-order valence-electron chi connectivity index (χ0n) is 14.7. The average Bonchev–Trinajstić information content (AvgIpc) is 3.04. The molecule has 2 heterocycles. The monoisotopic (exact) mass is 464 g/mol. The van der Waals surface area contributed by atoms with Gasteiger partial charge in [-0.3, -0.25) is 4.99 Å². The lowest BCUT2D eigenvalue weighted by Crippen LogP contribution is -2.53. The van der Waals surface area contributed by atoms with Crippen LogP contribution >= 0.6 is 35.7 Å². The molecule has 1 saturated carbocycles. The highest BCUT2D eigenvalue weighted by molar-refractivity contribution is 14.0. The van der Waals surface area contributed by atoms with Crippen molar-refractivity contribution in [3.8, 4) is 0 Å². The molecule has 0 atom stereocenters. The van der Waals surface area contributed by atoms with E-state index in [2.05, 4.69) is 39.1 Å². The molecule has 5 nitrogen and oxygen atoms in total. The molecule has 1 aromatic rings. The molecule has 136 valence electrons. The summed E-state index contributed by atoms with van der Waals surface area (Å²) in [6.45, 7) is 4.93. The fourth-order valence-corrected chi connectivity index (χ4v) is 5.20. The largest absolute Gasteiger partial charge is 0.359 e. The first-order chi connectivity index (χ1) is 11.2. The quantitative estimate of drug-likeness (QED) is 0.420. The van der Waals surface area contributed by atoms with E-state index in [4.69, 9.17) is 4.52 Å². The highest BCUT2D eigenvalue weighted by Crippen LogP contribution is 2.42. The zero-order chi connectivity index (χ0) is 16.1. The second-order valence-corrected chi connectivity index (χ2v) is 8.12. The SMILES string of the molecule is CCc1cc(CNC(=NC)N2CCSC3(CCCCC3)C2)on1.I. The molecule has 1 saturated heterocycles. The standard InChI is InChI=1S/C17H28N4OS.HI/c1-3-14-11-15(22-20-14)12-19-16(18-2)21-9-10-23-17(13-21)7-5-4-6-8-17;/h11H,3-10,12-13H2,1-2H3,(H,18,19);1H. The second-order valence-electron chi connectivity index (χ2n) is 6.55. The maximum Gasteiger partial charge on any atom is 0.194 e. The van der Waals surface area contributed by atoms with Gasteiger partial charge in [-0.2, -0.15) is 11.8 Å². The number of halogens is 1. The molecule has 1 aliphatic heterocycles. The van der Waals surface area contributed by atoms with E-state index in [1.54, 1.807) is 0 Å². The van der Waals surface area contributed by atoms with E-state index in [0.29, 0.717) is 11.3 Å². The van der Waals surface area contributed by atoms with E-state index in [1.165, 1.54) is 37.9 Å². The fraction of sp³-hybridized carbons (Fsp3) is 0.765. The maximum absolute atomic E-state index is 5.36. The summed E-state index contributed by atoms with van der Waals surface area (Å²) in [6.07, 6.45) is 7.78. The molecule has 7 heteroatoms. The van der Waals surface area contributed by atoms with Crippen LogP contribution in [0.5, 0.6) is 0 Å². The first-order valence-electron chi connectivity index (χ1n) is 8.79. The van der Waals surface area contributed by atoms with Gasteiger partial charge in [-0.15, -0.1) is 24.0 Å². The van der Waals surface area contributed by atoms with Crippen molar-refractivity contribution in [1.29, 1.82) is 0 Å². The first kappa shape index (κ1) is 19.9. The van der Waals surface area contributed by atoms with Crippen molar-refractivity contribution in [1.82, 2.24) is 15.4 Å². The summed E-state index contributed by atoms with van der Waals surface area (Å²) in [5.74, 6) is 3.06. The molecule has 0 amide bonds. The van der Waals surface area contributed by atoms with Gasteiger partial charge in [0.2, 0.25) is 0 Å². The lowest BCUT2D eigenvalue weighted by Gasteiger charge is -2.45. The zero-order valence-corrected chi connectivity index (χ0v) is 17.9. The number of rotatable bonds is 3.